The minimum atomic E-state index is 0.0274. The molecule has 0 aliphatic rings. The first-order valence-corrected chi connectivity index (χ1v) is 4.79. The molecule has 0 saturated carbocycles. The van der Waals surface area contributed by atoms with Gasteiger partial charge in [0.2, 0.25) is 0 Å². The first-order chi connectivity index (χ1) is 7.33. The molecular weight excluding hydrogens is 188 g/mol. The first kappa shape index (κ1) is 9.47. The molecule has 1 aromatic heterocycles. The van der Waals surface area contributed by atoms with E-state index in [4.69, 9.17) is 5.26 Å². The molecule has 1 aromatic carbocycles. The molecule has 15 heavy (non-hydrogen) atoms. The number of benzene rings is 1. The molecule has 0 unspecified atom stereocenters. The van der Waals surface area contributed by atoms with Crippen LogP contribution in [0.1, 0.15) is 12.0 Å². The third kappa shape index (κ3) is 1.75. The van der Waals surface area contributed by atoms with Crippen molar-refractivity contribution in [2.75, 3.05) is 0 Å². The molecule has 0 aliphatic carbocycles. The Labute approximate surface area is 87.0 Å². The van der Waals surface area contributed by atoms with E-state index in [2.05, 4.69) is 4.98 Å². The van der Waals surface area contributed by atoms with Crippen molar-refractivity contribution in [3.63, 3.8) is 0 Å². The topological polar surface area (TPSA) is 56.6 Å². The molecule has 0 bridgehead atoms. The summed E-state index contributed by atoms with van der Waals surface area (Å²) in [6.07, 6.45) is 2.58. The van der Waals surface area contributed by atoms with Gasteiger partial charge in [-0.15, -0.1) is 0 Å². The van der Waals surface area contributed by atoms with Gasteiger partial charge < -0.3 is 4.98 Å². The van der Waals surface area contributed by atoms with Crippen molar-refractivity contribution in [3.8, 4) is 6.07 Å². The SMILES string of the molecule is N#CCCc1c[nH]c2ccccc2c1=O. The summed E-state index contributed by atoms with van der Waals surface area (Å²) < 4.78 is 0. The molecule has 1 heterocycles. The van der Waals surface area contributed by atoms with E-state index < -0.39 is 0 Å². The van der Waals surface area contributed by atoms with Crippen LogP contribution in [-0.2, 0) is 6.42 Å². The van der Waals surface area contributed by atoms with Crippen molar-refractivity contribution >= 4 is 10.9 Å². The normalized spacial score (nSPS) is 10.1. The fourth-order valence-electron chi connectivity index (χ4n) is 1.59. The van der Waals surface area contributed by atoms with Crippen LogP contribution in [0.15, 0.2) is 35.3 Å². The lowest BCUT2D eigenvalue weighted by Gasteiger charge is -2.00. The quantitative estimate of drug-likeness (QED) is 0.802. The summed E-state index contributed by atoms with van der Waals surface area (Å²) in [5.74, 6) is 0. The smallest absolute Gasteiger partial charge is 0.192 e. The van der Waals surface area contributed by atoms with Crippen LogP contribution in [-0.4, -0.2) is 4.98 Å². The molecule has 0 amide bonds. The van der Waals surface area contributed by atoms with Gasteiger partial charge in [-0.1, -0.05) is 12.1 Å². The van der Waals surface area contributed by atoms with Crippen LogP contribution in [0.4, 0.5) is 0 Å². The lowest BCUT2D eigenvalue weighted by molar-refractivity contribution is 0.992. The van der Waals surface area contributed by atoms with E-state index in [0.29, 0.717) is 23.8 Å². The summed E-state index contributed by atoms with van der Waals surface area (Å²) in [6.45, 7) is 0. The van der Waals surface area contributed by atoms with Crippen LogP contribution >= 0.6 is 0 Å². The Hall–Kier alpha value is -2.08. The van der Waals surface area contributed by atoms with Crippen LogP contribution in [0.5, 0.6) is 0 Å². The number of hydrogen-bond acceptors (Lipinski definition) is 2. The van der Waals surface area contributed by atoms with Crippen molar-refractivity contribution in [2.45, 2.75) is 12.8 Å². The highest BCUT2D eigenvalue weighted by atomic mass is 16.1. The molecule has 0 atom stereocenters. The fourth-order valence-corrected chi connectivity index (χ4v) is 1.59. The molecule has 0 saturated heterocycles. The Bertz CT molecular complexity index is 578. The number of nitrogens with one attached hydrogen (secondary N) is 1. The third-order valence-corrected chi connectivity index (χ3v) is 2.37. The number of aryl methyl sites for hydroxylation is 1. The van der Waals surface area contributed by atoms with Gasteiger partial charge in [0.15, 0.2) is 5.43 Å². The minimum Gasteiger partial charge on any atom is -0.361 e. The number of rotatable bonds is 2. The average molecular weight is 198 g/mol. The van der Waals surface area contributed by atoms with E-state index in [0.717, 1.165) is 5.52 Å². The highest BCUT2D eigenvalue weighted by Gasteiger charge is 2.03. The molecule has 0 aliphatic heterocycles. The van der Waals surface area contributed by atoms with Gasteiger partial charge in [-0.3, -0.25) is 4.79 Å². The number of aromatic nitrogens is 1. The summed E-state index contributed by atoms with van der Waals surface area (Å²) in [4.78, 5) is 15.0. The molecule has 0 fully saturated rings. The largest absolute Gasteiger partial charge is 0.361 e. The van der Waals surface area contributed by atoms with E-state index in [9.17, 15) is 4.79 Å². The monoisotopic (exact) mass is 198 g/mol. The lowest BCUT2D eigenvalue weighted by Crippen LogP contribution is -2.09. The maximum atomic E-state index is 11.9. The Morgan fingerprint density at radius 1 is 1.33 bits per heavy atom. The second kappa shape index (κ2) is 3.97. The van der Waals surface area contributed by atoms with Gasteiger partial charge in [0.1, 0.15) is 0 Å². The van der Waals surface area contributed by atoms with Crippen LogP contribution in [0.25, 0.3) is 10.9 Å². The van der Waals surface area contributed by atoms with Crippen LogP contribution in [0.2, 0.25) is 0 Å². The van der Waals surface area contributed by atoms with E-state index in [-0.39, 0.29) is 5.43 Å². The first-order valence-electron chi connectivity index (χ1n) is 4.79. The van der Waals surface area contributed by atoms with Crippen molar-refractivity contribution in [1.82, 2.24) is 4.98 Å². The Morgan fingerprint density at radius 2 is 2.13 bits per heavy atom. The third-order valence-electron chi connectivity index (χ3n) is 2.37. The zero-order chi connectivity index (χ0) is 10.7. The summed E-state index contributed by atoms with van der Waals surface area (Å²) >= 11 is 0. The predicted octanol–water partition coefficient (Wildman–Crippen LogP) is 1.98. The molecule has 3 heteroatoms. The number of aromatic amines is 1. The van der Waals surface area contributed by atoms with Gasteiger partial charge in [-0.2, -0.15) is 5.26 Å². The van der Waals surface area contributed by atoms with E-state index in [1.165, 1.54) is 0 Å². The highest BCUT2D eigenvalue weighted by Crippen LogP contribution is 2.07. The van der Waals surface area contributed by atoms with Crippen molar-refractivity contribution < 1.29 is 0 Å². The van der Waals surface area contributed by atoms with Gasteiger partial charge in [0, 0.05) is 29.1 Å². The van der Waals surface area contributed by atoms with Crippen molar-refractivity contribution in [2.24, 2.45) is 0 Å². The Kier molecular flexibility index (Phi) is 2.51. The maximum Gasteiger partial charge on any atom is 0.192 e. The van der Waals surface area contributed by atoms with E-state index >= 15 is 0 Å². The van der Waals surface area contributed by atoms with E-state index in [1.807, 2.05) is 24.3 Å². The summed E-state index contributed by atoms with van der Waals surface area (Å²) in [5.41, 5.74) is 1.54. The fraction of sp³-hybridized carbons (Fsp3) is 0.167. The standard InChI is InChI=1S/C12H10N2O/c13-7-3-4-9-8-14-11-6-2-1-5-10(11)12(9)15/h1-2,5-6,8H,3-4H2,(H,14,15). The van der Waals surface area contributed by atoms with Crippen molar-refractivity contribution in [1.29, 1.82) is 5.26 Å². The minimum absolute atomic E-state index is 0.0274. The predicted molar refractivity (Wildman–Crippen MR) is 58.5 cm³/mol. The number of nitrogens with zero attached hydrogens (tertiary/aromatic N) is 1. The maximum absolute atomic E-state index is 11.9. The van der Waals surface area contributed by atoms with Crippen LogP contribution in [0, 0.1) is 11.3 Å². The number of fused-ring (bicyclic) bond motifs is 1. The molecule has 2 aromatic rings. The second-order valence-electron chi connectivity index (χ2n) is 3.35. The molecule has 2 rings (SSSR count). The summed E-state index contributed by atoms with van der Waals surface area (Å²) in [7, 11) is 0. The number of nitriles is 1. The molecule has 3 nitrogen and oxygen atoms in total. The number of para-hydroxylation sites is 1. The zero-order valence-corrected chi connectivity index (χ0v) is 8.16. The average Bonchev–Trinajstić information content (AvgIpc) is 2.29. The molecule has 74 valence electrons. The second-order valence-corrected chi connectivity index (χ2v) is 3.35. The van der Waals surface area contributed by atoms with Crippen molar-refractivity contribution in [3.05, 3.63) is 46.2 Å². The number of H-pyrrole nitrogens is 1. The van der Waals surface area contributed by atoms with Gasteiger partial charge in [0.05, 0.1) is 6.07 Å². The lowest BCUT2D eigenvalue weighted by atomic mass is 10.1. The molecular formula is C12H10N2O. The van der Waals surface area contributed by atoms with Gasteiger partial charge >= 0.3 is 0 Å². The Balaban J connectivity index is 2.57. The summed E-state index contributed by atoms with van der Waals surface area (Å²) in [6, 6.07) is 9.42. The van der Waals surface area contributed by atoms with Gasteiger partial charge in [-0.25, -0.2) is 0 Å². The molecule has 1 N–H and O–H groups in total. The van der Waals surface area contributed by atoms with Crippen LogP contribution in [0.3, 0.4) is 0 Å². The molecule has 0 spiro atoms. The van der Waals surface area contributed by atoms with Crippen LogP contribution < -0.4 is 5.43 Å². The number of hydrogen-bond donors (Lipinski definition) is 1. The highest BCUT2D eigenvalue weighted by molar-refractivity contribution is 5.78. The van der Waals surface area contributed by atoms with Gasteiger partial charge in [-0.05, 0) is 18.6 Å². The summed E-state index contributed by atoms with van der Waals surface area (Å²) in [5, 5.41) is 9.16. The number of pyridine rings is 1. The zero-order valence-electron chi connectivity index (χ0n) is 8.16. The van der Waals surface area contributed by atoms with E-state index in [1.54, 1.807) is 12.3 Å². The Morgan fingerprint density at radius 3 is 2.93 bits per heavy atom. The molecule has 0 radical (unpaired) electrons. The van der Waals surface area contributed by atoms with Gasteiger partial charge in [0.25, 0.3) is 0 Å².